The van der Waals surface area contributed by atoms with E-state index in [0.29, 0.717) is 5.82 Å². The maximum Gasteiger partial charge on any atom is 0.161 e. The van der Waals surface area contributed by atoms with Crippen molar-refractivity contribution in [3.63, 3.8) is 0 Å². The fraction of sp³-hybridized carbons (Fsp3) is 0. The van der Waals surface area contributed by atoms with E-state index in [9.17, 15) is 0 Å². The zero-order valence-corrected chi connectivity index (χ0v) is 31.4. The van der Waals surface area contributed by atoms with Gasteiger partial charge >= 0.3 is 0 Å². The quantitative estimate of drug-likeness (QED) is 0.169. The standard InChI is InChI=1S/C55H33N3/c1-6-18-41-34(13-1)29-30-47-53(41)46-23-11-12-24-50(46)56-54(47)36-27-25-35(26-28-36)51-33-52(48-31-37-14-2-4-16-39(37)42-19-7-9-21-44(42)48)58-55(57-51)49-32-38-15-3-5-17-40(38)43-20-8-10-22-45(43)49/h1-33H. The number of hydrogen-bond donors (Lipinski definition) is 0. The highest BCUT2D eigenvalue weighted by Crippen LogP contribution is 2.41. The minimum Gasteiger partial charge on any atom is -0.247 e. The average Bonchev–Trinajstić information content (AvgIpc) is 3.30. The first-order valence-corrected chi connectivity index (χ1v) is 19.8. The number of fused-ring (bicyclic) bond motifs is 11. The van der Waals surface area contributed by atoms with Crippen LogP contribution >= 0.6 is 0 Å². The molecule has 268 valence electrons. The number of hydrogen-bond acceptors (Lipinski definition) is 3. The van der Waals surface area contributed by atoms with Gasteiger partial charge in [-0.3, -0.25) is 0 Å². The van der Waals surface area contributed by atoms with Gasteiger partial charge in [0.05, 0.1) is 22.6 Å². The average molecular weight is 736 g/mol. The molecule has 0 amide bonds. The Hall–Kier alpha value is -7.75. The Morgan fingerprint density at radius 2 is 0.776 bits per heavy atom. The molecule has 0 N–H and O–H groups in total. The molecule has 12 rings (SSSR count). The van der Waals surface area contributed by atoms with Crippen molar-refractivity contribution in [2.24, 2.45) is 0 Å². The highest BCUT2D eigenvalue weighted by Gasteiger charge is 2.18. The molecule has 0 unspecified atom stereocenters. The van der Waals surface area contributed by atoms with Gasteiger partial charge in [0, 0.05) is 38.4 Å². The van der Waals surface area contributed by atoms with E-state index in [1.807, 2.05) is 0 Å². The van der Waals surface area contributed by atoms with Crippen LogP contribution in [0.4, 0.5) is 0 Å². The maximum atomic E-state index is 5.45. The van der Waals surface area contributed by atoms with Gasteiger partial charge in [0.2, 0.25) is 0 Å². The summed E-state index contributed by atoms with van der Waals surface area (Å²) in [6, 6.07) is 71.5. The van der Waals surface area contributed by atoms with E-state index in [-0.39, 0.29) is 0 Å². The first kappa shape index (κ1) is 32.5. The summed E-state index contributed by atoms with van der Waals surface area (Å²) < 4.78 is 0. The van der Waals surface area contributed by atoms with Gasteiger partial charge in [-0.25, -0.2) is 15.0 Å². The largest absolute Gasteiger partial charge is 0.247 e. The number of benzene rings is 10. The molecule has 0 saturated carbocycles. The lowest BCUT2D eigenvalue weighted by Gasteiger charge is -2.15. The van der Waals surface area contributed by atoms with Crippen LogP contribution in [0.5, 0.6) is 0 Å². The number of pyridine rings is 1. The second kappa shape index (κ2) is 12.9. The molecule has 0 bridgehead atoms. The van der Waals surface area contributed by atoms with Crippen molar-refractivity contribution < 1.29 is 0 Å². The molecule has 2 heterocycles. The summed E-state index contributed by atoms with van der Waals surface area (Å²) in [5.41, 5.74) is 7.88. The molecule has 3 nitrogen and oxygen atoms in total. The van der Waals surface area contributed by atoms with Gasteiger partial charge in [0.1, 0.15) is 0 Å². The van der Waals surface area contributed by atoms with Crippen molar-refractivity contribution in [1.82, 2.24) is 15.0 Å². The number of rotatable bonds is 4. The van der Waals surface area contributed by atoms with Crippen molar-refractivity contribution in [3.05, 3.63) is 200 Å². The molecule has 3 heteroatoms. The van der Waals surface area contributed by atoms with Crippen molar-refractivity contribution >= 4 is 75.5 Å². The zero-order valence-electron chi connectivity index (χ0n) is 31.4. The molecule has 0 spiro atoms. The molecular formula is C55H33N3. The number of aromatic nitrogens is 3. The molecular weight excluding hydrogens is 703 g/mol. The Morgan fingerprint density at radius 1 is 0.276 bits per heavy atom. The van der Waals surface area contributed by atoms with Gasteiger partial charge in [-0.2, -0.15) is 0 Å². The summed E-state index contributed by atoms with van der Waals surface area (Å²) >= 11 is 0. The van der Waals surface area contributed by atoms with Crippen LogP contribution < -0.4 is 0 Å². The third-order valence-electron chi connectivity index (χ3n) is 11.8. The van der Waals surface area contributed by atoms with Gasteiger partial charge in [-0.1, -0.05) is 176 Å². The van der Waals surface area contributed by atoms with Crippen molar-refractivity contribution in [1.29, 1.82) is 0 Å². The van der Waals surface area contributed by atoms with E-state index in [4.69, 9.17) is 15.0 Å². The first-order chi connectivity index (χ1) is 28.7. The molecule has 0 fully saturated rings. The van der Waals surface area contributed by atoms with Gasteiger partial charge < -0.3 is 0 Å². The molecule has 0 aliphatic rings. The van der Waals surface area contributed by atoms with Gasteiger partial charge in [-0.05, 0) is 78.1 Å². The predicted octanol–water partition coefficient (Wildman–Crippen LogP) is 14.6. The summed E-state index contributed by atoms with van der Waals surface area (Å²) in [7, 11) is 0. The molecule has 2 aromatic heterocycles. The second-order valence-electron chi connectivity index (χ2n) is 15.1. The van der Waals surface area contributed by atoms with Crippen LogP contribution in [0.1, 0.15) is 0 Å². The fourth-order valence-electron chi connectivity index (χ4n) is 9.10. The minimum absolute atomic E-state index is 0.699. The maximum absolute atomic E-state index is 5.45. The van der Waals surface area contributed by atoms with E-state index in [2.05, 4.69) is 200 Å². The van der Waals surface area contributed by atoms with Crippen molar-refractivity contribution in [2.45, 2.75) is 0 Å². The van der Waals surface area contributed by atoms with Gasteiger partial charge in [-0.15, -0.1) is 0 Å². The molecule has 0 aliphatic carbocycles. The molecule has 0 radical (unpaired) electrons. The van der Waals surface area contributed by atoms with Crippen LogP contribution in [0, 0.1) is 0 Å². The normalized spacial score (nSPS) is 11.8. The smallest absolute Gasteiger partial charge is 0.161 e. The molecule has 0 atom stereocenters. The van der Waals surface area contributed by atoms with Gasteiger partial charge in [0.25, 0.3) is 0 Å². The number of nitrogens with zero attached hydrogens (tertiary/aromatic N) is 3. The van der Waals surface area contributed by atoms with E-state index in [0.717, 1.165) is 71.8 Å². The second-order valence-corrected chi connectivity index (χ2v) is 15.1. The third kappa shape index (κ3) is 5.11. The van der Waals surface area contributed by atoms with Gasteiger partial charge in [0.15, 0.2) is 5.82 Å². The summed E-state index contributed by atoms with van der Waals surface area (Å²) in [5, 5.41) is 15.5. The zero-order chi connectivity index (χ0) is 38.2. The lowest BCUT2D eigenvalue weighted by atomic mass is 9.94. The molecule has 0 aliphatic heterocycles. The van der Waals surface area contributed by atoms with Crippen LogP contribution in [-0.4, -0.2) is 15.0 Å². The Labute approximate surface area is 334 Å². The number of para-hydroxylation sites is 1. The van der Waals surface area contributed by atoms with E-state index < -0.39 is 0 Å². The Morgan fingerprint density at radius 3 is 1.47 bits per heavy atom. The predicted molar refractivity (Wildman–Crippen MR) is 244 cm³/mol. The van der Waals surface area contributed by atoms with Crippen LogP contribution in [0.3, 0.4) is 0 Å². The lowest BCUT2D eigenvalue weighted by molar-refractivity contribution is 1.19. The SMILES string of the molecule is c1ccc2c(c1)cc(-c1cc(-c3ccc(-c4nc5ccccc5c5c4ccc4ccccc45)cc3)nc(-c3cc4ccccc4c4ccccc34)n1)c1ccccc12. The Bertz CT molecular complexity index is 3470. The Balaban J connectivity index is 1.09. The first-order valence-electron chi connectivity index (χ1n) is 19.8. The summed E-state index contributed by atoms with van der Waals surface area (Å²) in [6.07, 6.45) is 0. The summed E-state index contributed by atoms with van der Waals surface area (Å²) in [4.78, 5) is 16.1. The highest BCUT2D eigenvalue weighted by molar-refractivity contribution is 6.22. The van der Waals surface area contributed by atoms with E-state index in [1.54, 1.807) is 0 Å². The fourth-order valence-corrected chi connectivity index (χ4v) is 9.10. The van der Waals surface area contributed by atoms with Crippen LogP contribution in [0.25, 0.3) is 121 Å². The molecule has 0 saturated heterocycles. The Kier molecular flexibility index (Phi) is 7.23. The molecule has 10 aromatic carbocycles. The molecule has 12 aromatic rings. The summed E-state index contributed by atoms with van der Waals surface area (Å²) in [5.74, 6) is 0.699. The molecule has 58 heavy (non-hydrogen) atoms. The highest BCUT2D eigenvalue weighted by atomic mass is 14.9. The van der Waals surface area contributed by atoms with Crippen molar-refractivity contribution in [2.75, 3.05) is 0 Å². The van der Waals surface area contributed by atoms with Crippen molar-refractivity contribution in [3.8, 4) is 45.2 Å². The monoisotopic (exact) mass is 735 g/mol. The van der Waals surface area contributed by atoms with Crippen LogP contribution in [-0.2, 0) is 0 Å². The lowest BCUT2D eigenvalue weighted by Crippen LogP contribution is -1.98. The topological polar surface area (TPSA) is 38.7 Å². The van der Waals surface area contributed by atoms with E-state index in [1.165, 1.54) is 43.1 Å². The third-order valence-corrected chi connectivity index (χ3v) is 11.8. The van der Waals surface area contributed by atoms with Crippen LogP contribution in [0.2, 0.25) is 0 Å². The van der Waals surface area contributed by atoms with Crippen LogP contribution in [0.15, 0.2) is 200 Å². The van der Waals surface area contributed by atoms with E-state index >= 15 is 0 Å². The minimum atomic E-state index is 0.699. The summed E-state index contributed by atoms with van der Waals surface area (Å²) in [6.45, 7) is 0.